The molecular formula is C11H18N2S2. The van der Waals surface area contributed by atoms with E-state index < -0.39 is 0 Å². The SMILES string of the molecule is NCCc1cnc(CC2CCSCC2)s1. The van der Waals surface area contributed by atoms with Gasteiger partial charge in [0, 0.05) is 17.5 Å². The predicted octanol–water partition coefficient (Wildman–Crippen LogP) is 2.33. The van der Waals surface area contributed by atoms with Gasteiger partial charge in [-0.05, 0) is 43.2 Å². The van der Waals surface area contributed by atoms with Crippen LogP contribution in [0.4, 0.5) is 0 Å². The number of hydrogen-bond donors (Lipinski definition) is 1. The fourth-order valence-corrected chi connectivity index (χ4v) is 4.15. The van der Waals surface area contributed by atoms with Gasteiger partial charge in [0.25, 0.3) is 0 Å². The Morgan fingerprint density at radius 1 is 1.40 bits per heavy atom. The molecule has 1 aliphatic rings. The summed E-state index contributed by atoms with van der Waals surface area (Å²) in [6.45, 7) is 0.738. The van der Waals surface area contributed by atoms with Gasteiger partial charge in [-0.15, -0.1) is 11.3 Å². The first kappa shape index (κ1) is 11.4. The van der Waals surface area contributed by atoms with Crippen molar-refractivity contribution in [3.63, 3.8) is 0 Å². The lowest BCUT2D eigenvalue weighted by molar-refractivity contribution is 0.487. The average Bonchev–Trinajstić information content (AvgIpc) is 2.68. The Labute approximate surface area is 99.7 Å². The Bertz CT molecular complexity index is 293. The van der Waals surface area contributed by atoms with Gasteiger partial charge in [0.05, 0.1) is 5.01 Å². The van der Waals surface area contributed by atoms with E-state index in [0.29, 0.717) is 0 Å². The zero-order valence-electron chi connectivity index (χ0n) is 8.95. The molecule has 0 amide bonds. The molecule has 0 spiro atoms. The van der Waals surface area contributed by atoms with E-state index in [1.165, 1.54) is 40.7 Å². The van der Waals surface area contributed by atoms with E-state index >= 15 is 0 Å². The molecule has 0 bridgehead atoms. The summed E-state index contributed by atoms with van der Waals surface area (Å²) < 4.78 is 0. The van der Waals surface area contributed by atoms with E-state index in [1.54, 1.807) is 0 Å². The molecule has 0 atom stereocenters. The number of nitrogens with zero attached hydrogens (tertiary/aromatic N) is 1. The van der Waals surface area contributed by atoms with Crippen molar-refractivity contribution in [1.82, 2.24) is 4.98 Å². The van der Waals surface area contributed by atoms with Crippen molar-refractivity contribution < 1.29 is 0 Å². The zero-order chi connectivity index (χ0) is 10.5. The van der Waals surface area contributed by atoms with Crippen LogP contribution in [-0.4, -0.2) is 23.0 Å². The van der Waals surface area contributed by atoms with Crippen LogP contribution >= 0.6 is 23.1 Å². The highest BCUT2D eigenvalue weighted by molar-refractivity contribution is 7.99. The standard InChI is InChI=1S/C11H18N2S2/c12-4-1-10-8-13-11(15-10)7-9-2-5-14-6-3-9/h8-9H,1-7,12H2. The van der Waals surface area contributed by atoms with Crippen LogP contribution in [0, 0.1) is 5.92 Å². The monoisotopic (exact) mass is 242 g/mol. The Morgan fingerprint density at radius 3 is 2.93 bits per heavy atom. The van der Waals surface area contributed by atoms with Crippen LogP contribution < -0.4 is 5.73 Å². The van der Waals surface area contributed by atoms with E-state index in [0.717, 1.165) is 18.9 Å². The number of nitrogens with two attached hydrogens (primary N) is 1. The molecule has 1 aromatic rings. The van der Waals surface area contributed by atoms with Crippen molar-refractivity contribution in [3.05, 3.63) is 16.1 Å². The second-order valence-corrected chi connectivity index (χ2v) is 6.44. The van der Waals surface area contributed by atoms with Gasteiger partial charge in [-0.25, -0.2) is 4.98 Å². The third-order valence-corrected chi connectivity index (χ3v) is 4.92. The van der Waals surface area contributed by atoms with Gasteiger partial charge in [-0.1, -0.05) is 0 Å². The summed E-state index contributed by atoms with van der Waals surface area (Å²) in [5.74, 6) is 3.56. The van der Waals surface area contributed by atoms with Crippen LogP contribution in [-0.2, 0) is 12.8 Å². The van der Waals surface area contributed by atoms with E-state index in [4.69, 9.17) is 5.73 Å². The number of rotatable bonds is 4. The molecule has 0 saturated carbocycles. The normalized spacial score (nSPS) is 18.2. The zero-order valence-corrected chi connectivity index (χ0v) is 10.6. The van der Waals surface area contributed by atoms with Crippen LogP contribution in [0.5, 0.6) is 0 Å². The van der Waals surface area contributed by atoms with Crippen LogP contribution in [0.25, 0.3) is 0 Å². The molecule has 84 valence electrons. The van der Waals surface area contributed by atoms with Crippen LogP contribution in [0.15, 0.2) is 6.20 Å². The lowest BCUT2D eigenvalue weighted by Crippen LogP contribution is -2.11. The molecule has 1 fully saturated rings. The summed E-state index contributed by atoms with van der Waals surface area (Å²) >= 11 is 3.94. The molecule has 0 aliphatic carbocycles. The molecular weight excluding hydrogens is 224 g/mol. The first-order chi connectivity index (χ1) is 7.38. The third-order valence-electron chi connectivity index (χ3n) is 2.80. The summed E-state index contributed by atoms with van der Waals surface area (Å²) in [5, 5.41) is 1.32. The second-order valence-electron chi connectivity index (χ2n) is 4.02. The maximum absolute atomic E-state index is 5.53. The topological polar surface area (TPSA) is 38.9 Å². The lowest BCUT2D eigenvalue weighted by atomic mass is 9.99. The Morgan fingerprint density at radius 2 is 2.20 bits per heavy atom. The van der Waals surface area contributed by atoms with E-state index in [9.17, 15) is 0 Å². The van der Waals surface area contributed by atoms with Gasteiger partial charge in [-0.2, -0.15) is 11.8 Å². The van der Waals surface area contributed by atoms with Gasteiger partial charge in [0.15, 0.2) is 0 Å². The van der Waals surface area contributed by atoms with Crippen molar-refractivity contribution in [2.24, 2.45) is 11.7 Å². The van der Waals surface area contributed by atoms with Crippen molar-refractivity contribution in [1.29, 1.82) is 0 Å². The van der Waals surface area contributed by atoms with Crippen LogP contribution in [0.2, 0.25) is 0 Å². The molecule has 1 saturated heterocycles. The largest absolute Gasteiger partial charge is 0.330 e. The van der Waals surface area contributed by atoms with Crippen LogP contribution in [0.1, 0.15) is 22.7 Å². The summed E-state index contributed by atoms with van der Waals surface area (Å²) in [5.41, 5.74) is 5.53. The number of thioether (sulfide) groups is 1. The number of hydrogen-bond acceptors (Lipinski definition) is 4. The number of thiazole rings is 1. The predicted molar refractivity (Wildman–Crippen MR) is 68.6 cm³/mol. The summed E-state index contributed by atoms with van der Waals surface area (Å²) in [6, 6.07) is 0. The first-order valence-electron chi connectivity index (χ1n) is 5.60. The maximum Gasteiger partial charge on any atom is 0.0930 e. The molecule has 0 aromatic carbocycles. The highest BCUT2D eigenvalue weighted by atomic mass is 32.2. The van der Waals surface area contributed by atoms with Gasteiger partial charge >= 0.3 is 0 Å². The molecule has 15 heavy (non-hydrogen) atoms. The fourth-order valence-electron chi connectivity index (χ4n) is 1.90. The average molecular weight is 242 g/mol. The summed E-state index contributed by atoms with van der Waals surface area (Å²) in [6.07, 6.45) is 6.92. The minimum absolute atomic E-state index is 0.738. The Balaban J connectivity index is 1.86. The van der Waals surface area contributed by atoms with Crippen molar-refractivity contribution >= 4 is 23.1 Å². The molecule has 2 rings (SSSR count). The molecule has 0 unspecified atom stereocenters. The van der Waals surface area contributed by atoms with E-state index in [-0.39, 0.29) is 0 Å². The molecule has 4 heteroatoms. The second kappa shape index (κ2) is 5.87. The third kappa shape index (κ3) is 3.47. The highest BCUT2D eigenvalue weighted by Crippen LogP contribution is 2.27. The minimum Gasteiger partial charge on any atom is -0.330 e. The minimum atomic E-state index is 0.738. The highest BCUT2D eigenvalue weighted by Gasteiger charge is 2.15. The Kier molecular flexibility index (Phi) is 4.47. The molecule has 1 aromatic heterocycles. The van der Waals surface area contributed by atoms with Gasteiger partial charge in [0.1, 0.15) is 0 Å². The molecule has 0 radical (unpaired) electrons. The molecule has 1 aliphatic heterocycles. The van der Waals surface area contributed by atoms with Crippen LogP contribution in [0.3, 0.4) is 0 Å². The van der Waals surface area contributed by atoms with E-state index in [1.807, 2.05) is 17.5 Å². The smallest absolute Gasteiger partial charge is 0.0930 e. The first-order valence-corrected chi connectivity index (χ1v) is 7.57. The Hall–Kier alpha value is -0.0600. The van der Waals surface area contributed by atoms with Crippen molar-refractivity contribution in [3.8, 4) is 0 Å². The fraction of sp³-hybridized carbons (Fsp3) is 0.727. The number of aromatic nitrogens is 1. The van der Waals surface area contributed by atoms with Gasteiger partial charge < -0.3 is 5.73 Å². The van der Waals surface area contributed by atoms with Crippen molar-refractivity contribution in [2.45, 2.75) is 25.7 Å². The quantitative estimate of drug-likeness (QED) is 0.881. The molecule has 2 nitrogen and oxygen atoms in total. The van der Waals surface area contributed by atoms with E-state index in [2.05, 4.69) is 16.7 Å². The summed E-state index contributed by atoms with van der Waals surface area (Å²) in [7, 11) is 0. The van der Waals surface area contributed by atoms with Gasteiger partial charge in [-0.3, -0.25) is 0 Å². The maximum atomic E-state index is 5.53. The van der Waals surface area contributed by atoms with Crippen molar-refractivity contribution in [2.75, 3.05) is 18.1 Å². The molecule has 2 heterocycles. The van der Waals surface area contributed by atoms with Gasteiger partial charge in [0.2, 0.25) is 0 Å². The lowest BCUT2D eigenvalue weighted by Gasteiger charge is -2.19. The summed E-state index contributed by atoms with van der Waals surface area (Å²) in [4.78, 5) is 5.83. The molecule has 2 N–H and O–H groups in total.